The monoisotopic (exact) mass is 272 g/mol. The van der Waals surface area contributed by atoms with E-state index < -0.39 is 0 Å². The van der Waals surface area contributed by atoms with E-state index in [-0.39, 0.29) is 5.54 Å². The Kier molecular flexibility index (Phi) is 4.50. The molecule has 0 fully saturated rings. The summed E-state index contributed by atoms with van der Waals surface area (Å²) in [4.78, 5) is 2.18. The van der Waals surface area contributed by atoms with Gasteiger partial charge in [-0.1, -0.05) is 12.1 Å². The molecule has 108 valence electrons. The number of benzene rings is 1. The highest BCUT2D eigenvalue weighted by Gasteiger charge is 2.08. The SMILES string of the molecule is CN(Cc1ccco1)c1ccc(CNC(C)(C)C)cc1. The molecule has 2 aromatic rings. The average Bonchev–Trinajstić information content (AvgIpc) is 2.89. The molecule has 2 rings (SSSR count). The molecule has 1 aromatic heterocycles. The summed E-state index contributed by atoms with van der Waals surface area (Å²) >= 11 is 0. The first-order valence-corrected chi connectivity index (χ1v) is 7.01. The van der Waals surface area contributed by atoms with Crippen LogP contribution in [0.3, 0.4) is 0 Å². The highest BCUT2D eigenvalue weighted by atomic mass is 16.3. The Hall–Kier alpha value is -1.74. The lowest BCUT2D eigenvalue weighted by Crippen LogP contribution is -2.35. The number of nitrogens with zero attached hydrogens (tertiary/aromatic N) is 1. The molecule has 0 aliphatic heterocycles. The Balaban J connectivity index is 1.93. The molecule has 0 spiro atoms. The molecule has 1 heterocycles. The van der Waals surface area contributed by atoms with Gasteiger partial charge in [0.05, 0.1) is 12.8 Å². The summed E-state index contributed by atoms with van der Waals surface area (Å²) in [5.41, 5.74) is 2.64. The third-order valence-electron chi connectivity index (χ3n) is 3.17. The maximum absolute atomic E-state index is 5.37. The Morgan fingerprint density at radius 3 is 2.35 bits per heavy atom. The van der Waals surface area contributed by atoms with Gasteiger partial charge >= 0.3 is 0 Å². The van der Waals surface area contributed by atoms with Crippen LogP contribution in [0.2, 0.25) is 0 Å². The lowest BCUT2D eigenvalue weighted by Gasteiger charge is -2.21. The zero-order chi connectivity index (χ0) is 14.6. The lowest BCUT2D eigenvalue weighted by atomic mass is 10.1. The summed E-state index contributed by atoms with van der Waals surface area (Å²) in [6.07, 6.45) is 1.71. The van der Waals surface area contributed by atoms with Crippen LogP contribution in [-0.2, 0) is 13.1 Å². The van der Waals surface area contributed by atoms with Crippen LogP contribution in [0.1, 0.15) is 32.1 Å². The predicted octanol–water partition coefficient (Wildman–Crippen LogP) is 3.80. The van der Waals surface area contributed by atoms with E-state index in [0.717, 1.165) is 18.8 Å². The third-order valence-corrected chi connectivity index (χ3v) is 3.17. The molecule has 1 N–H and O–H groups in total. The number of nitrogens with one attached hydrogen (secondary N) is 1. The van der Waals surface area contributed by atoms with Crippen molar-refractivity contribution in [2.24, 2.45) is 0 Å². The maximum Gasteiger partial charge on any atom is 0.123 e. The fourth-order valence-corrected chi connectivity index (χ4v) is 1.96. The molecule has 0 bridgehead atoms. The first-order valence-electron chi connectivity index (χ1n) is 7.01. The second-order valence-corrected chi connectivity index (χ2v) is 6.21. The van der Waals surface area contributed by atoms with Gasteiger partial charge in [0.15, 0.2) is 0 Å². The molecule has 0 unspecified atom stereocenters. The second kappa shape index (κ2) is 6.14. The average molecular weight is 272 g/mol. The highest BCUT2D eigenvalue weighted by molar-refractivity contribution is 5.47. The summed E-state index contributed by atoms with van der Waals surface area (Å²) in [7, 11) is 2.07. The van der Waals surface area contributed by atoms with E-state index in [1.54, 1.807) is 6.26 Å². The Morgan fingerprint density at radius 2 is 1.80 bits per heavy atom. The van der Waals surface area contributed by atoms with Crippen LogP contribution < -0.4 is 10.2 Å². The van der Waals surface area contributed by atoms with Gasteiger partial charge < -0.3 is 14.6 Å². The molecular weight excluding hydrogens is 248 g/mol. The van der Waals surface area contributed by atoms with Gasteiger partial charge in [-0.3, -0.25) is 0 Å². The van der Waals surface area contributed by atoms with Crippen LogP contribution in [0.5, 0.6) is 0 Å². The first-order chi connectivity index (χ1) is 9.44. The third kappa shape index (κ3) is 4.42. The minimum atomic E-state index is 0.148. The summed E-state index contributed by atoms with van der Waals surface area (Å²) in [6, 6.07) is 12.6. The quantitative estimate of drug-likeness (QED) is 0.897. The van der Waals surface area contributed by atoms with E-state index >= 15 is 0 Å². The minimum absolute atomic E-state index is 0.148. The summed E-state index contributed by atoms with van der Waals surface area (Å²) in [5, 5.41) is 3.49. The van der Waals surface area contributed by atoms with E-state index in [2.05, 4.69) is 62.3 Å². The van der Waals surface area contributed by atoms with Crippen LogP contribution in [0, 0.1) is 0 Å². The van der Waals surface area contributed by atoms with Gasteiger partial charge in [-0.25, -0.2) is 0 Å². The summed E-state index contributed by atoms with van der Waals surface area (Å²) < 4.78 is 5.37. The topological polar surface area (TPSA) is 28.4 Å². The first kappa shape index (κ1) is 14.7. The van der Waals surface area contributed by atoms with Crippen molar-refractivity contribution in [3.05, 3.63) is 54.0 Å². The molecular formula is C17H24N2O. The van der Waals surface area contributed by atoms with Gasteiger partial charge in [0.25, 0.3) is 0 Å². The zero-order valence-electron chi connectivity index (χ0n) is 12.8. The van der Waals surface area contributed by atoms with Crippen molar-refractivity contribution in [3.63, 3.8) is 0 Å². The van der Waals surface area contributed by atoms with E-state index in [0.29, 0.717) is 0 Å². The van der Waals surface area contributed by atoms with Gasteiger partial charge in [0, 0.05) is 24.8 Å². The second-order valence-electron chi connectivity index (χ2n) is 6.21. The molecule has 1 aromatic carbocycles. The van der Waals surface area contributed by atoms with Gasteiger partial charge in [-0.05, 0) is 50.6 Å². The Morgan fingerprint density at radius 1 is 1.10 bits per heavy atom. The van der Waals surface area contributed by atoms with Gasteiger partial charge in [-0.15, -0.1) is 0 Å². The molecule has 0 saturated heterocycles. The molecule has 20 heavy (non-hydrogen) atoms. The van der Waals surface area contributed by atoms with E-state index in [1.807, 2.05) is 12.1 Å². The lowest BCUT2D eigenvalue weighted by molar-refractivity contribution is 0.424. The van der Waals surface area contributed by atoms with Crippen LogP contribution in [-0.4, -0.2) is 12.6 Å². The number of furan rings is 1. The molecule has 0 aliphatic rings. The largest absolute Gasteiger partial charge is 0.467 e. The van der Waals surface area contributed by atoms with E-state index in [1.165, 1.54) is 11.3 Å². The van der Waals surface area contributed by atoms with Gasteiger partial charge in [-0.2, -0.15) is 0 Å². The van der Waals surface area contributed by atoms with Crippen molar-refractivity contribution in [1.29, 1.82) is 0 Å². The van der Waals surface area contributed by atoms with Crippen molar-refractivity contribution < 1.29 is 4.42 Å². The maximum atomic E-state index is 5.37. The molecule has 0 amide bonds. The smallest absolute Gasteiger partial charge is 0.123 e. The number of anilines is 1. The summed E-state index contributed by atoms with van der Waals surface area (Å²) in [5.74, 6) is 0.978. The Bertz CT molecular complexity index is 509. The van der Waals surface area contributed by atoms with Crippen LogP contribution in [0.15, 0.2) is 47.1 Å². The van der Waals surface area contributed by atoms with Crippen LogP contribution >= 0.6 is 0 Å². The molecule has 0 saturated carbocycles. The number of hydrogen-bond donors (Lipinski definition) is 1. The van der Waals surface area contributed by atoms with Gasteiger partial charge in [0.2, 0.25) is 0 Å². The van der Waals surface area contributed by atoms with E-state index in [4.69, 9.17) is 4.42 Å². The summed E-state index contributed by atoms with van der Waals surface area (Å²) in [6.45, 7) is 8.22. The normalized spacial score (nSPS) is 11.6. The molecule has 3 nitrogen and oxygen atoms in total. The number of rotatable bonds is 5. The highest BCUT2D eigenvalue weighted by Crippen LogP contribution is 2.17. The fourth-order valence-electron chi connectivity index (χ4n) is 1.96. The Labute approximate surface area is 121 Å². The van der Waals surface area contributed by atoms with Crippen molar-refractivity contribution in [1.82, 2.24) is 5.32 Å². The van der Waals surface area contributed by atoms with Crippen molar-refractivity contribution in [2.75, 3.05) is 11.9 Å². The van der Waals surface area contributed by atoms with Crippen molar-refractivity contribution >= 4 is 5.69 Å². The van der Waals surface area contributed by atoms with Gasteiger partial charge in [0.1, 0.15) is 5.76 Å². The molecule has 0 atom stereocenters. The predicted molar refractivity (Wildman–Crippen MR) is 83.8 cm³/mol. The van der Waals surface area contributed by atoms with Crippen molar-refractivity contribution in [2.45, 2.75) is 39.4 Å². The minimum Gasteiger partial charge on any atom is -0.467 e. The van der Waals surface area contributed by atoms with Crippen molar-refractivity contribution in [3.8, 4) is 0 Å². The van der Waals surface area contributed by atoms with Crippen LogP contribution in [0.25, 0.3) is 0 Å². The van der Waals surface area contributed by atoms with Crippen LogP contribution in [0.4, 0.5) is 5.69 Å². The fraction of sp³-hybridized carbons (Fsp3) is 0.412. The molecule has 0 aliphatic carbocycles. The molecule has 3 heteroatoms. The zero-order valence-corrected chi connectivity index (χ0v) is 12.8. The standard InChI is InChI=1S/C17H24N2O/c1-17(2,3)18-12-14-7-9-15(10-8-14)19(4)13-16-6-5-11-20-16/h5-11,18H,12-13H2,1-4H3. The number of hydrogen-bond acceptors (Lipinski definition) is 3. The van der Waals surface area contributed by atoms with E-state index in [9.17, 15) is 0 Å². The molecule has 0 radical (unpaired) electrons.